The molecule has 0 radical (unpaired) electrons. The van der Waals surface area contributed by atoms with E-state index in [1.54, 1.807) is 43.3 Å². The molecule has 0 saturated carbocycles. The molecule has 0 fully saturated rings. The van der Waals surface area contributed by atoms with Crippen molar-refractivity contribution in [3.05, 3.63) is 95.6 Å². The number of hydrogen-bond donors (Lipinski definition) is 1. The fourth-order valence-corrected chi connectivity index (χ4v) is 5.84. The van der Waals surface area contributed by atoms with Gasteiger partial charge in [-0.2, -0.15) is 0 Å². The van der Waals surface area contributed by atoms with Crippen molar-refractivity contribution in [3.63, 3.8) is 0 Å². The normalized spacial score (nSPS) is 13.0. The lowest BCUT2D eigenvalue weighted by Crippen LogP contribution is -2.53. The Hall–Kier alpha value is -3.65. The number of amides is 2. The van der Waals surface area contributed by atoms with Crippen LogP contribution in [0.15, 0.2) is 83.8 Å². The Morgan fingerprint density at radius 3 is 2.02 bits per heavy atom. The van der Waals surface area contributed by atoms with E-state index in [9.17, 15) is 18.0 Å². The Labute approximate surface area is 245 Å². The third-order valence-electron chi connectivity index (χ3n) is 7.39. The van der Waals surface area contributed by atoms with E-state index in [-0.39, 0.29) is 29.3 Å². The number of benzene rings is 3. The van der Waals surface area contributed by atoms with Crippen molar-refractivity contribution < 1.29 is 18.0 Å². The molecular weight excluding hydrogens is 534 g/mol. The highest BCUT2D eigenvalue weighted by atomic mass is 32.2. The van der Waals surface area contributed by atoms with Crippen LogP contribution in [0.4, 0.5) is 5.69 Å². The molecule has 3 rings (SSSR count). The molecule has 41 heavy (non-hydrogen) atoms. The zero-order valence-electron chi connectivity index (χ0n) is 25.0. The number of hydrogen-bond acceptors (Lipinski definition) is 4. The van der Waals surface area contributed by atoms with Gasteiger partial charge in [0.05, 0.1) is 10.6 Å². The maximum atomic E-state index is 14.0. The summed E-state index contributed by atoms with van der Waals surface area (Å²) in [7, 11) is -4.08. The van der Waals surface area contributed by atoms with Gasteiger partial charge in [-0.3, -0.25) is 13.9 Å². The second-order valence-corrected chi connectivity index (χ2v) is 12.7. The topological polar surface area (TPSA) is 86.8 Å². The fourth-order valence-electron chi connectivity index (χ4n) is 4.43. The summed E-state index contributed by atoms with van der Waals surface area (Å²) in [4.78, 5) is 28.7. The molecular formula is C33H43N3O4S. The van der Waals surface area contributed by atoms with E-state index in [2.05, 4.69) is 19.2 Å². The molecule has 1 N–H and O–H groups in total. The Morgan fingerprint density at radius 1 is 0.854 bits per heavy atom. The highest BCUT2D eigenvalue weighted by Crippen LogP contribution is 2.26. The minimum atomic E-state index is -4.08. The standard InChI is InChI=1S/C33H43N3O4S/c1-7-26(5)34-33(38)27(6)35(22-21-28-11-9-8-10-12-28)32(37)23-36(30-17-15-29(16-18-30)24(2)3)41(39,40)31-19-13-25(4)14-20-31/h8-20,24,26-27H,7,21-23H2,1-6H3,(H,34,38)/t26-,27+/m0/s1. The average molecular weight is 578 g/mol. The van der Waals surface area contributed by atoms with Crippen molar-refractivity contribution >= 4 is 27.5 Å². The summed E-state index contributed by atoms with van der Waals surface area (Å²) in [5, 5.41) is 2.96. The Bertz CT molecular complexity index is 1390. The molecule has 3 aromatic carbocycles. The summed E-state index contributed by atoms with van der Waals surface area (Å²) < 4.78 is 29.1. The lowest BCUT2D eigenvalue weighted by molar-refractivity contribution is -0.139. The van der Waals surface area contributed by atoms with Gasteiger partial charge in [-0.15, -0.1) is 0 Å². The van der Waals surface area contributed by atoms with E-state index >= 15 is 0 Å². The van der Waals surface area contributed by atoms with Crippen molar-refractivity contribution in [2.75, 3.05) is 17.4 Å². The highest BCUT2D eigenvalue weighted by Gasteiger charge is 2.32. The number of carbonyl (C=O) groups is 2. The van der Waals surface area contributed by atoms with Crippen LogP contribution in [-0.2, 0) is 26.0 Å². The molecule has 0 spiro atoms. The van der Waals surface area contributed by atoms with Crippen molar-refractivity contribution in [1.82, 2.24) is 10.2 Å². The first kappa shape index (κ1) is 31.9. The van der Waals surface area contributed by atoms with Crippen LogP contribution in [0.5, 0.6) is 0 Å². The molecule has 0 aromatic heterocycles. The van der Waals surface area contributed by atoms with Crippen LogP contribution in [0, 0.1) is 6.92 Å². The van der Waals surface area contributed by atoms with Gasteiger partial charge in [0.2, 0.25) is 11.8 Å². The van der Waals surface area contributed by atoms with Crippen molar-refractivity contribution in [2.45, 2.75) is 77.3 Å². The molecule has 220 valence electrons. The van der Waals surface area contributed by atoms with E-state index in [4.69, 9.17) is 0 Å². The van der Waals surface area contributed by atoms with Crippen molar-refractivity contribution in [1.29, 1.82) is 0 Å². The van der Waals surface area contributed by atoms with E-state index in [0.29, 0.717) is 12.1 Å². The predicted molar refractivity (Wildman–Crippen MR) is 165 cm³/mol. The van der Waals surface area contributed by atoms with Gasteiger partial charge in [-0.05, 0) is 74.9 Å². The van der Waals surface area contributed by atoms with Crippen LogP contribution in [-0.4, -0.2) is 50.3 Å². The summed E-state index contributed by atoms with van der Waals surface area (Å²) in [6.45, 7) is 11.4. The summed E-state index contributed by atoms with van der Waals surface area (Å²) in [6.07, 6.45) is 1.28. The van der Waals surface area contributed by atoms with Gasteiger partial charge in [0.1, 0.15) is 12.6 Å². The number of sulfonamides is 1. The molecule has 0 aliphatic carbocycles. The van der Waals surface area contributed by atoms with Gasteiger partial charge in [0.25, 0.3) is 10.0 Å². The SMILES string of the molecule is CC[C@H](C)NC(=O)[C@@H](C)N(CCc1ccccc1)C(=O)CN(c1ccc(C(C)C)cc1)S(=O)(=O)c1ccc(C)cc1. The molecule has 7 nitrogen and oxygen atoms in total. The van der Waals surface area contributed by atoms with Gasteiger partial charge in [-0.1, -0.05) is 80.9 Å². The third kappa shape index (κ3) is 8.43. The zero-order chi connectivity index (χ0) is 30.2. The maximum Gasteiger partial charge on any atom is 0.264 e. The minimum Gasteiger partial charge on any atom is -0.352 e. The average Bonchev–Trinajstić information content (AvgIpc) is 2.96. The molecule has 0 heterocycles. The van der Waals surface area contributed by atoms with E-state index in [0.717, 1.165) is 27.4 Å². The number of rotatable bonds is 13. The molecule has 2 atom stereocenters. The van der Waals surface area contributed by atoms with E-state index < -0.39 is 28.5 Å². The van der Waals surface area contributed by atoms with Gasteiger partial charge < -0.3 is 10.2 Å². The smallest absolute Gasteiger partial charge is 0.264 e. The second-order valence-electron chi connectivity index (χ2n) is 10.9. The van der Waals surface area contributed by atoms with Crippen LogP contribution in [0.1, 0.15) is 63.6 Å². The highest BCUT2D eigenvalue weighted by molar-refractivity contribution is 7.92. The molecule has 0 aliphatic rings. The van der Waals surface area contributed by atoms with E-state index in [1.165, 1.54) is 4.90 Å². The zero-order valence-corrected chi connectivity index (χ0v) is 25.8. The lowest BCUT2D eigenvalue weighted by atomic mass is 10.0. The first-order valence-corrected chi connectivity index (χ1v) is 15.7. The van der Waals surface area contributed by atoms with Crippen molar-refractivity contribution in [3.8, 4) is 0 Å². The molecule has 0 saturated heterocycles. The number of nitrogens with zero attached hydrogens (tertiary/aromatic N) is 2. The molecule has 0 aliphatic heterocycles. The van der Waals surface area contributed by atoms with Crippen LogP contribution in [0.25, 0.3) is 0 Å². The number of nitrogens with one attached hydrogen (secondary N) is 1. The molecule has 3 aromatic rings. The number of carbonyl (C=O) groups excluding carboxylic acids is 2. The molecule has 8 heteroatoms. The third-order valence-corrected chi connectivity index (χ3v) is 9.18. The largest absolute Gasteiger partial charge is 0.352 e. The van der Waals surface area contributed by atoms with Crippen LogP contribution in [0.2, 0.25) is 0 Å². The van der Waals surface area contributed by atoms with Gasteiger partial charge >= 0.3 is 0 Å². The fraction of sp³-hybridized carbons (Fsp3) is 0.394. The van der Waals surface area contributed by atoms with Crippen LogP contribution in [0.3, 0.4) is 0 Å². The number of anilines is 1. The Balaban J connectivity index is 1.99. The Kier molecular flexibility index (Phi) is 11.1. The molecule has 0 bridgehead atoms. The Morgan fingerprint density at radius 2 is 1.46 bits per heavy atom. The van der Waals surface area contributed by atoms with Crippen LogP contribution >= 0.6 is 0 Å². The minimum absolute atomic E-state index is 0.0473. The summed E-state index contributed by atoms with van der Waals surface area (Å²) in [5.74, 6) is -0.447. The van der Waals surface area contributed by atoms with Gasteiger partial charge in [0.15, 0.2) is 0 Å². The predicted octanol–water partition coefficient (Wildman–Crippen LogP) is 5.69. The molecule has 2 amide bonds. The van der Waals surface area contributed by atoms with E-state index in [1.807, 2.05) is 63.2 Å². The summed E-state index contributed by atoms with van der Waals surface area (Å²) in [5.41, 5.74) is 3.41. The van der Waals surface area contributed by atoms with Gasteiger partial charge in [-0.25, -0.2) is 8.42 Å². The first-order valence-electron chi connectivity index (χ1n) is 14.3. The number of aryl methyl sites for hydroxylation is 1. The molecule has 0 unspecified atom stereocenters. The maximum absolute atomic E-state index is 14.0. The monoisotopic (exact) mass is 577 g/mol. The van der Waals surface area contributed by atoms with Crippen LogP contribution < -0.4 is 9.62 Å². The quantitative estimate of drug-likeness (QED) is 0.283. The second kappa shape index (κ2) is 14.3. The van der Waals surface area contributed by atoms with Crippen molar-refractivity contribution in [2.24, 2.45) is 0 Å². The van der Waals surface area contributed by atoms with Gasteiger partial charge in [0, 0.05) is 12.6 Å². The summed E-state index contributed by atoms with van der Waals surface area (Å²) in [6, 6.07) is 22.7. The summed E-state index contributed by atoms with van der Waals surface area (Å²) >= 11 is 0. The lowest BCUT2D eigenvalue weighted by Gasteiger charge is -2.32. The first-order chi connectivity index (χ1) is 19.4.